The number of aryl methyl sites for hydroxylation is 1. The minimum Gasteiger partial charge on any atom is -0.479 e. The van der Waals surface area contributed by atoms with Gasteiger partial charge in [-0.05, 0) is 48.4 Å². The van der Waals surface area contributed by atoms with Gasteiger partial charge in [-0.2, -0.15) is 9.78 Å². The molecule has 174 valence electrons. The topological polar surface area (TPSA) is 93.8 Å². The fraction of sp³-hybridized carbons (Fsp3) is 0.231. The summed E-state index contributed by atoms with van der Waals surface area (Å²) in [7, 11) is 0. The smallest absolute Gasteiger partial charge is 0.344 e. The average Bonchev–Trinajstić information content (AvgIpc) is 2.83. The first kappa shape index (κ1) is 23.6. The van der Waals surface area contributed by atoms with Gasteiger partial charge in [-0.3, -0.25) is 4.79 Å². The summed E-state index contributed by atoms with van der Waals surface area (Å²) >= 11 is 3.42. The van der Waals surface area contributed by atoms with Crippen LogP contribution >= 0.6 is 15.9 Å². The Morgan fingerprint density at radius 3 is 2.76 bits per heavy atom. The highest BCUT2D eigenvalue weighted by molar-refractivity contribution is 9.10. The Balaban J connectivity index is 1.89. The van der Waals surface area contributed by atoms with Gasteiger partial charge in [-0.1, -0.05) is 59.6 Å². The third kappa shape index (κ3) is 4.87. The van der Waals surface area contributed by atoms with Crippen molar-refractivity contribution in [1.82, 2.24) is 9.66 Å². The quantitative estimate of drug-likeness (QED) is 0.313. The lowest BCUT2D eigenvalue weighted by Crippen LogP contribution is -2.24. The van der Waals surface area contributed by atoms with Gasteiger partial charge >= 0.3 is 5.97 Å². The number of aromatic nitrogens is 2. The van der Waals surface area contributed by atoms with Crippen LogP contribution in [0.25, 0.3) is 21.7 Å². The van der Waals surface area contributed by atoms with Crippen LogP contribution in [0.1, 0.15) is 38.1 Å². The normalized spacial score (nSPS) is 12.4. The molecule has 0 unspecified atom stereocenters. The Morgan fingerprint density at radius 1 is 1.21 bits per heavy atom. The molecule has 4 rings (SSSR count). The van der Waals surface area contributed by atoms with Crippen LogP contribution in [0.2, 0.25) is 0 Å². The first-order valence-corrected chi connectivity index (χ1v) is 11.8. The Kier molecular flexibility index (Phi) is 7.07. The third-order valence-electron chi connectivity index (χ3n) is 5.51. The lowest BCUT2D eigenvalue weighted by Gasteiger charge is -2.15. The molecule has 0 saturated carbocycles. The van der Waals surface area contributed by atoms with Crippen molar-refractivity contribution < 1.29 is 14.6 Å². The van der Waals surface area contributed by atoms with Crippen LogP contribution in [-0.2, 0) is 11.2 Å². The predicted octanol–water partition coefficient (Wildman–Crippen LogP) is 5.39. The molecule has 4 aromatic rings. The fourth-order valence-electron chi connectivity index (χ4n) is 3.68. The number of carbonyl (C=O) groups is 1. The van der Waals surface area contributed by atoms with Gasteiger partial charge < -0.3 is 9.84 Å². The Morgan fingerprint density at radius 2 is 2.00 bits per heavy atom. The summed E-state index contributed by atoms with van der Waals surface area (Å²) in [5, 5.41) is 16.1. The van der Waals surface area contributed by atoms with Crippen LogP contribution in [-0.4, -0.2) is 33.1 Å². The molecule has 0 aliphatic heterocycles. The summed E-state index contributed by atoms with van der Waals surface area (Å²) in [5.74, 6) is -0.130. The molecule has 3 aromatic carbocycles. The summed E-state index contributed by atoms with van der Waals surface area (Å²) in [5.41, 5.74) is 0.944. The molecule has 8 heteroatoms. The summed E-state index contributed by atoms with van der Waals surface area (Å²) < 4.78 is 7.83. The number of hydrogen-bond acceptors (Lipinski definition) is 5. The molecule has 1 atom stereocenters. The van der Waals surface area contributed by atoms with E-state index < -0.39 is 12.1 Å². The number of aliphatic carboxylic acids is 1. The second kappa shape index (κ2) is 10.2. The highest BCUT2D eigenvalue weighted by atomic mass is 79.9. The number of benzene rings is 3. The molecule has 0 bridgehead atoms. The van der Waals surface area contributed by atoms with Gasteiger partial charge in [-0.15, -0.1) is 0 Å². The van der Waals surface area contributed by atoms with E-state index in [-0.39, 0.29) is 5.56 Å². The fourth-order valence-corrected chi connectivity index (χ4v) is 4.04. The van der Waals surface area contributed by atoms with Crippen molar-refractivity contribution in [2.45, 2.75) is 39.2 Å². The highest BCUT2D eigenvalue weighted by Gasteiger charge is 2.17. The van der Waals surface area contributed by atoms with Crippen molar-refractivity contribution in [3.05, 3.63) is 80.8 Å². The zero-order valence-corrected chi connectivity index (χ0v) is 20.4. The summed E-state index contributed by atoms with van der Waals surface area (Å²) in [6.07, 6.45) is 2.92. The lowest BCUT2D eigenvalue weighted by atomic mass is 10.0. The van der Waals surface area contributed by atoms with Gasteiger partial charge in [0.25, 0.3) is 5.56 Å². The average molecular weight is 522 g/mol. The van der Waals surface area contributed by atoms with Crippen LogP contribution < -0.4 is 10.3 Å². The van der Waals surface area contributed by atoms with Gasteiger partial charge in [0.05, 0.1) is 17.1 Å². The molecule has 0 aliphatic rings. The van der Waals surface area contributed by atoms with Crippen molar-refractivity contribution in [1.29, 1.82) is 0 Å². The van der Waals surface area contributed by atoms with E-state index in [9.17, 15) is 14.7 Å². The molecule has 0 spiro atoms. The number of fused-ring (bicyclic) bond motifs is 2. The molecule has 0 saturated heterocycles. The molecule has 1 N–H and O–H groups in total. The second-order valence-corrected chi connectivity index (χ2v) is 8.87. The monoisotopic (exact) mass is 521 g/mol. The van der Waals surface area contributed by atoms with Crippen molar-refractivity contribution in [3.8, 4) is 5.75 Å². The first-order chi connectivity index (χ1) is 16.4. The Labute approximate surface area is 204 Å². The molecule has 0 radical (unpaired) electrons. The van der Waals surface area contributed by atoms with Gasteiger partial charge in [-0.25, -0.2) is 9.78 Å². The van der Waals surface area contributed by atoms with E-state index in [2.05, 4.69) is 28.0 Å². The summed E-state index contributed by atoms with van der Waals surface area (Å²) in [4.78, 5) is 29.5. The lowest BCUT2D eigenvalue weighted by molar-refractivity contribution is -0.144. The summed E-state index contributed by atoms with van der Waals surface area (Å²) in [6.45, 7) is 3.55. The zero-order valence-electron chi connectivity index (χ0n) is 18.9. The number of halogens is 1. The number of unbranched alkanes of at least 4 members (excludes halogenated alkanes) is 1. The number of carboxylic acids is 1. The number of ether oxygens (including phenoxy) is 1. The van der Waals surface area contributed by atoms with E-state index in [1.165, 1.54) is 11.6 Å². The van der Waals surface area contributed by atoms with E-state index in [1.54, 1.807) is 18.3 Å². The first-order valence-electron chi connectivity index (χ1n) is 11.1. The maximum Gasteiger partial charge on any atom is 0.344 e. The highest BCUT2D eigenvalue weighted by Crippen LogP contribution is 2.28. The zero-order chi connectivity index (χ0) is 24.2. The van der Waals surface area contributed by atoms with E-state index >= 15 is 0 Å². The standard InChI is InChI=1S/C26H24BrN3O4/c1-3-4-9-24-29-22-12-11-18(27)14-20(22)25(31)30(24)28-15-21-19-8-6-5-7-17(19)10-13-23(21)34-16(2)26(32)33/h5-8,10-16H,3-4,9H2,1-2H3,(H,32,33)/t16-/m0/s1. The molecule has 0 fully saturated rings. The number of nitrogens with zero attached hydrogens (tertiary/aromatic N) is 3. The third-order valence-corrected chi connectivity index (χ3v) is 6.01. The molecule has 0 amide bonds. The second-order valence-electron chi connectivity index (χ2n) is 7.95. The SMILES string of the molecule is CCCCc1nc2ccc(Br)cc2c(=O)n1N=Cc1c(O[C@@H](C)C(=O)O)ccc2ccccc12. The van der Waals surface area contributed by atoms with E-state index in [1.807, 2.05) is 42.5 Å². The minimum absolute atomic E-state index is 0.268. The number of carboxylic acid groups (broad SMARTS) is 1. The molecular formula is C26H24BrN3O4. The van der Waals surface area contributed by atoms with Crippen LogP contribution in [0.5, 0.6) is 5.75 Å². The van der Waals surface area contributed by atoms with Gasteiger partial charge in [0, 0.05) is 16.5 Å². The number of rotatable bonds is 8. The minimum atomic E-state index is -1.07. The molecular weight excluding hydrogens is 498 g/mol. The Bertz CT molecular complexity index is 1460. The van der Waals surface area contributed by atoms with Crippen molar-refractivity contribution in [2.24, 2.45) is 5.10 Å². The van der Waals surface area contributed by atoms with E-state index in [4.69, 9.17) is 9.72 Å². The maximum absolute atomic E-state index is 13.4. The van der Waals surface area contributed by atoms with E-state index in [0.717, 1.165) is 28.1 Å². The van der Waals surface area contributed by atoms with Gasteiger partial charge in [0.1, 0.15) is 11.6 Å². The summed E-state index contributed by atoms with van der Waals surface area (Å²) in [6, 6.07) is 16.7. The predicted molar refractivity (Wildman–Crippen MR) is 137 cm³/mol. The molecule has 34 heavy (non-hydrogen) atoms. The molecule has 1 aromatic heterocycles. The van der Waals surface area contributed by atoms with Crippen LogP contribution in [0.4, 0.5) is 0 Å². The van der Waals surface area contributed by atoms with Crippen LogP contribution in [0.3, 0.4) is 0 Å². The van der Waals surface area contributed by atoms with E-state index in [0.29, 0.717) is 34.5 Å². The van der Waals surface area contributed by atoms with Crippen molar-refractivity contribution in [2.75, 3.05) is 0 Å². The number of hydrogen-bond donors (Lipinski definition) is 1. The largest absolute Gasteiger partial charge is 0.479 e. The van der Waals surface area contributed by atoms with Crippen LogP contribution in [0, 0.1) is 0 Å². The van der Waals surface area contributed by atoms with Crippen molar-refractivity contribution >= 4 is 49.8 Å². The van der Waals surface area contributed by atoms with Gasteiger partial charge in [0.2, 0.25) is 0 Å². The van der Waals surface area contributed by atoms with Crippen molar-refractivity contribution in [3.63, 3.8) is 0 Å². The molecule has 0 aliphatic carbocycles. The molecule has 7 nitrogen and oxygen atoms in total. The van der Waals surface area contributed by atoms with Gasteiger partial charge in [0.15, 0.2) is 6.10 Å². The Hall–Kier alpha value is -3.52. The maximum atomic E-state index is 13.4. The van der Waals surface area contributed by atoms with Crippen LogP contribution in [0.15, 0.2) is 69.0 Å². The molecule has 1 heterocycles.